The lowest BCUT2D eigenvalue weighted by atomic mass is 9.95. The highest BCUT2D eigenvalue weighted by molar-refractivity contribution is 4.89. The number of piperidine rings is 1. The monoisotopic (exact) mass is 226 g/mol. The van der Waals surface area contributed by atoms with E-state index in [1.165, 1.54) is 45.1 Å². The molecule has 0 radical (unpaired) electrons. The fourth-order valence-electron chi connectivity index (χ4n) is 3.30. The summed E-state index contributed by atoms with van der Waals surface area (Å²) >= 11 is 0. The number of hydrogen-bond donors (Lipinski definition) is 1. The quantitative estimate of drug-likeness (QED) is 0.794. The molecule has 2 fully saturated rings. The van der Waals surface area contributed by atoms with Crippen molar-refractivity contribution in [2.75, 3.05) is 19.7 Å². The Balaban J connectivity index is 1.99. The number of nitrogens with zero attached hydrogens (tertiary/aromatic N) is 1. The van der Waals surface area contributed by atoms with E-state index in [-0.39, 0.29) is 0 Å². The average Bonchev–Trinajstić information content (AvgIpc) is 2.84. The number of likely N-dealkylation sites (tertiary alicyclic amines) is 1. The Labute approximate surface area is 99.3 Å². The number of nitrogens with two attached hydrogens (primary N) is 1. The Hall–Kier alpha value is -0.120. The lowest BCUT2D eigenvalue weighted by Gasteiger charge is -2.42. The van der Waals surface area contributed by atoms with Crippen molar-refractivity contribution in [1.82, 2.24) is 4.90 Å². The smallest absolute Gasteiger partial charge is 0.0743 e. The van der Waals surface area contributed by atoms with Gasteiger partial charge in [-0.05, 0) is 38.6 Å². The van der Waals surface area contributed by atoms with E-state index in [1.807, 2.05) is 0 Å². The maximum absolute atomic E-state index is 5.98. The summed E-state index contributed by atoms with van der Waals surface area (Å²) in [6, 6.07) is 1.21. The summed E-state index contributed by atoms with van der Waals surface area (Å²) in [5, 5.41) is 0. The van der Waals surface area contributed by atoms with Gasteiger partial charge in [0.05, 0.1) is 6.10 Å². The normalized spacial score (nSPS) is 34.1. The summed E-state index contributed by atoms with van der Waals surface area (Å²) in [4.78, 5) is 2.64. The van der Waals surface area contributed by atoms with E-state index >= 15 is 0 Å². The SMILES string of the molecule is CCC1CCCCN1C(CN)C1CCCO1. The van der Waals surface area contributed by atoms with Gasteiger partial charge in [-0.3, -0.25) is 4.90 Å². The summed E-state index contributed by atoms with van der Waals surface area (Å²) in [6.45, 7) is 5.21. The van der Waals surface area contributed by atoms with Gasteiger partial charge in [0, 0.05) is 25.2 Å². The minimum atomic E-state index is 0.400. The van der Waals surface area contributed by atoms with Crippen molar-refractivity contribution in [1.29, 1.82) is 0 Å². The van der Waals surface area contributed by atoms with E-state index in [2.05, 4.69) is 11.8 Å². The van der Waals surface area contributed by atoms with Crippen LogP contribution in [0, 0.1) is 0 Å². The molecule has 2 saturated heterocycles. The molecule has 0 amide bonds. The molecule has 0 aliphatic carbocycles. The summed E-state index contributed by atoms with van der Waals surface area (Å²) < 4.78 is 5.83. The van der Waals surface area contributed by atoms with E-state index in [4.69, 9.17) is 10.5 Å². The first-order chi connectivity index (χ1) is 7.86. The van der Waals surface area contributed by atoms with Crippen molar-refractivity contribution in [3.8, 4) is 0 Å². The molecule has 0 aromatic carbocycles. The Morgan fingerprint density at radius 2 is 2.19 bits per heavy atom. The lowest BCUT2D eigenvalue weighted by Crippen LogP contribution is -2.54. The van der Waals surface area contributed by atoms with Crippen LogP contribution in [0.3, 0.4) is 0 Å². The molecule has 0 aromatic heterocycles. The summed E-state index contributed by atoms with van der Waals surface area (Å²) in [7, 11) is 0. The molecule has 2 heterocycles. The molecule has 3 nitrogen and oxygen atoms in total. The van der Waals surface area contributed by atoms with Crippen LogP contribution in [0.5, 0.6) is 0 Å². The van der Waals surface area contributed by atoms with Gasteiger partial charge in [0.2, 0.25) is 0 Å². The molecule has 2 N–H and O–H groups in total. The molecular formula is C13H26N2O. The Bertz CT molecular complexity index is 202. The lowest BCUT2D eigenvalue weighted by molar-refractivity contribution is -0.00493. The van der Waals surface area contributed by atoms with Crippen molar-refractivity contribution in [3.05, 3.63) is 0 Å². The van der Waals surface area contributed by atoms with E-state index in [1.54, 1.807) is 0 Å². The average molecular weight is 226 g/mol. The minimum absolute atomic E-state index is 0.400. The van der Waals surface area contributed by atoms with Crippen molar-refractivity contribution in [3.63, 3.8) is 0 Å². The molecule has 0 aromatic rings. The third-order valence-electron chi connectivity index (χ3n) is 4.21. The van der Waals surface area contributed by atoms with Gasteiger partial charge in [0.25, 0.3) is 0 Å². The van der Waals surface area contributed by atoms with Crippen LogP contribution in [-0.2, 0) is 4.74 Å². The summed E-state index contributed by atoms with van der Waals surface area (Å²) in [5.74, 6) is 0. The predicted molar refractivity (Wildman–Crippen MR) is 66.5 cm³/mol. The van der Waals surface area contributed by atoms with E-state index in [0.29, 0.717) is 12.1 Å². The van der Waals surface area contributed by atoms with Crippen molar-refractivity contribution in [2.24, 2.45) is 5.73 Å². The van der Waals surface area contributed by atoms with Crippen molar-refractivity contribution < 1.29 is 4.74 Å². The second kappa shape index (κ2) is 5.99. The van der Waals surface area contributed by atoms with Crippen LogP contribution < -0.4 is 5.73 Å². The topological polar surface area (TPSA) is 38.5 Å². The minimum Gasteiger partial charge on any atom is -0.377 e. The molecule has 3 atom stereocenters. The molecule has 0 saturated carbocycles. The van der Waals surface area contributed by atoms with Crippen molar-refractivity contribution >= 4 is 0 Å². The highest BCUT2D eigenvalue weighted by Crippen LogP contribution is 2.27. The highest BCUT2D eigenvalue weighted by Gasteiger charge is 2.34. The van der Waals surface area contributed by atoms with Crippen LogP contribution in [0.25, 0.3) is 0 Å². The molecule has 2 rings (SSSR count). The molecule has 0 bridgehead atoms. The molecule has 3 unspecified atom stereocenters. The van der Waals surface area contributed by atoms with Crippen LogP contribution in [0.4, 0.5) is 0 Å². The first-order valence-electron chi connectivity index (χ1n) is 6.94. The standard InChI is InChI=1S/C13H26N2O/c1-2-11-6-3-4-8-15(11)12(10-14)13-7-5-9-16-13/h11-13H,2-10,14H2,1H3. The molecule has 16 heavy (non-hydrogen) atoms. The van der Waals surface area contributed by atoms with Gasteiger partial charge in [0.1, 0.15) is 0 Å². The Morgan fingerprint density at radius 1 is 1.31 bits per heavy atom. The highest BCUT2D eigenvalue weighted by atomic mass is 16.5. The van der Waals surface area contributed by atoms with Gasteiger partial charge in [-0.25, -0.2) is 0 Å². The van der Waals surface area contributed by atoms with Crippen LogP contribution in [0.15, 0.2) is 0 Å². The molecular weight excluding hydrogens is 200 g/mol. The van der Waals surface area contributed by atoms with Crippen LogP contribution in [0.2, 0.25) is 0 Å². The van der Waals surface area contributed by atoms with E-state index < -0.39 is 0 Å². The maximum atomic E-state index is 5.98. The predicted octanol–water partition coefficient (Wildman–Crippen LogP) is 1.76. The van der Waals surface area contributed by atoms with Gasteiger partial charge in [0.15, 0.2) is 0 Å². The molecule has 94 valence electrons. The fraction of sp³-hybridized carbons (Fsp3) is 1.00. The summed E-state index contributed by atoms with van der Waals surface area (Å²) in [5.41, 5.74) is 5.98. The van der Waals surface area contributed by atoms with E-state index in [9.17, 15) is 0 Å². The molecule has 0 spiro atoms. The number of hydrogen-bond acceptors (Lipinski definition) is 3. The Morgan fingerprint density at radius 3 is 2.81 bits per heavy atom. The van der Waals surface area contributed by atoms with Gasteiger partial charge >= 0.3 is 0 Å². The second-order valence-corrected chi connectivity index (χ2v) is 5.15. The maximum Gasteiger partial charge on any atom is 0.0743 e. The zero-order valence-electron chi connectivity index (χ0n) is 10.5. The van der Waals surface area contributed by atoms with Gasteiger partial charge in [-0.2, -0.15) is 0 Å². The molecule has 2 aliphatic heterocycles. The second-order valence-electron chi connectivity index (χ2n) is 5.15. The van der Waals surface area contributed by atoms with Gasteiger partial charge < -0.3 is 10.5 Å². The number of ether oxygens (including phenoxy) is 1. The first kappa shape index (κ1) is 12.3. The van der Waals surface area contributed by atoms with Crippen LogP contribution in [-0.4, -0.2) is 42.8 Å². The van der Waals surface area contributed by atoms with Gasteiger partial charge in [-0.1, -0.05) is 13.3 Å². The Kier molecular flexibility index (Phi) is 4.62. The van der Waals surface area contributed by atoms with Crippen LogP contribution in [0.1, 0.15) is 45.4 Å². The van der Waals surface area contributed by atoms with Gasteiger partial charge in [-0.15, -0.1) is 0 Å². The largest absolute Gasteiger partial charge is 0.377 e. The third-order valence-corrected chi connectivity index (χ3v) is 4.21. The fourth-order valence-corrected chi connectivity index (χ4v) is 3.30. The zero-order chi connectivity index (χ0) is 11.4. The van der Waals surface area contributed by atoms with Crippen molar-refractivity contribution in [2.45, 2.75) is 63.6 Å². The molecule has 3 heteroatoms. The van der Waals surface area contributed by atoms with E-state index in [0.717, 1.165) is 19.2 Å². The number of rotatable bonds is 4. The summed E-state index contributed by atoms with van der Waals surface area (Å²) in [6.07, 6.45) is 8.14. The third kappa shape index (κ3) is 2.58. The molecule has 2 aliphatic rings. The van der Waals surface area contributed by atoms with Crippen LogP contribution >= 0.6 is 0 Å². The first-order valence-corrected chi connectivity index (χ1v) is 6.94. The zero-order valence-corrected chi connectivity index (χ0v) is 10.5.